The van der Waals surface area contributed by atoms with Crippen LogP contribution >= 0.6 is 27.7 Å². The second-order valence-electron chi connectivity index (χ2n) is 4.36. The SMILES string of the molecule is COCCNCc1ccc(SC(C)CCO)cc1Br. The summed E-state index contributed by atoms with van der Waals surface area (Å²) in [7, 11) is 1.71. The summed E-state index contributed by atoms with van der Waals surface area (Å²) >= 11 is 5.40. The van der Waals surface area contributed by atoms with Crippen molar-refractivity contribution in [3.05, 3.63) is 28.2 Å². The highest BCUT2D eigenvalue weighted by Crippen LogP contribution is 2.29. The number of aliphatic hydroxyl groups excluding tert-OH is 1. The highest BCUT2D eigenvalue weighted by Gasteiger charge is 2.06. The Morgan fingerprint density at radius 2 is 2.26 bits per heavy atom. The van der Waals surface area contributed by atoms with Gasteiger partial charge in [0.15, 0.2) is 0 Å². The van der Waals surface area contributed by atoms with Crippen LogP contribution in [0.5, 0.6) is 0 Å². The van der Waals surface area contributed by atoms with Gasteiger partial charge >= 0.3 is 0 Å². The lowest BCUT2D eigenvalue weighted by molar-refractivity contribution is 0.199. The molecule has 0 aliphatic heterocycles. The highest BCUT2D eigenvalue weighted by molar-refractivity contribution is 9.10. The summed E-state index contributed by atoms with van der Waals surface area (Å²) in [6.45, 7) is 4.80. The van der Waals surface area contributed by atoms with E-state index in [-0.39, 0.29) is 6.61 Å². The van der Waals surface area contributed by atoms with Crippen molar-refractivity contribution in [2.24, 2.45) is 0 Å². The largest absolute Gasteiger partial charge is 0.396 e. The van der Waals surface area contributed by atoms with Crippen LogP contribution in [0.3, 0.4) is 0 Å². The molecule has 19 heavy (non-hydrogen) atoms. The zero-order chi connectivity index (χ0) is 14.1. The number of hydrogen-bond acceptors (Lipinski definition) is 4. The summed E-state index contributed by atoms with van der Waals surface area (Å²) < 4.78 is 6.12. The number of halogens is 1. The van der Waals surface area contributed by atoms with Crippen molar-refractivity contribution in [2.45, 2.75) is 30.0 Å². The van der Waals surface area contributed by atoms with Gasteiger partial charge in [0.2, 0.25) is 0 Å². The molecule has 108 valence electrons. The molecule has 0 fully saturated rings. The second-order valence-corrected chi connectivity index (χ2v) is 6.73. The fourth-order valence-corrected chi connectivity index (χ4v) is 3.31. The number of benzene rings is 1. The molecule has 2 N–H and O–H groups in total. The van der Waals surface area contributed by atoms with E-state index in [4.69, 9.17) is 9.84 Å². The van der Waals surface area contributed by atoms with E-state index in [0.29, 0.717) is 5.25 Å². The van der Waals surface area contributed by atoms with Crippen molar-refractivity contribution >= 4 is 27.7 Å². The van der Waals surface area contributed by atoms with Crippen LogP contribution in [0.4, 0.5) is 0 Å². The van der Waals surface area contributed by atoms with E-state index < -0.39 is 0 Å². The van der Waals surface area contributed by atoms with E-state index in [2.05, 4.69) is 46.4 Å². The fraction of sp³-hybridized carbons (Fsp3) is 0.571. The summed E-state index contributed by atoms with van der Waals surface area (Å²) in [5, 5.41) is 12.7. The van der Waals surface area contributed by atoms with E-state index in [1.165, 1.54) is 10.5 Å². The van der Waals surface area contributed by atoms with Gasteiger partial charge in [-0.05, 0) is 24.1 Å². The lowest BCUT2D eigenvalue weighted by Gasteiger charge is -2.12. The molecule has 1 unspecified atom stereocenters. The van der Waals surface area contributed by atoms with Crippen molar-refractivity contribution in [1.29, 1.82) is 0 Å². The molecule has 0 saturated heterocycles. The third-order valence-corrected chi connectivity index (χ3v) is 4.60. The minimum Gasteiger partial charge on any atom is -0.396 e. The van der Waals surface area contributed by atoms with Crippen molar-refractivity contribution in [2.75, 3.05) is 26.9 Å². The Labute approximate surface area is 128 Å². The third-order valence-electron chi connectivity index (χ3n) is 2.70. The molecule has 1 aromatic rings. The van der Waals surface area contributed by atoms with Gasteiger partial charge in [-0.15, -0.1) is 11.8 Å². The molecule has 0 bridgehead atoms. The highest BCUT2D eigenvalue weighted by atomic mass is 79.9. The molecular formula is C14H22BrNO2S. The van der Waals surface area contributed by atoms with Crippen molar-refractivity contribution in [3.63, 3.8) is 0 Å². The lowest BCUT2D eigenvalue weighted by Crippen LogP contribution is -2.18. The van der Waals surface area contributed by atoms with Crippen LogP contribution in [0.25, 0.3) is 0 Å². The van der Waals surface area contributed by atoms with Crippen LogP contribution < -0.4 is 5.32 Å². The average Bonchev–Trinajstić information content (AvgIpc) is 2.37. The molecule has 0 aliphatic carbocycles. The normalized spacial score (nSPS) is 12.6. The van der Waals surface area contributed by atoms with E-state index in [0.717, 1.165) is 30.6 Å². The summed E-state index contributed by atoms with van der Waals surface area (Å²) in [5.41, 5.74) is 1.25. The molecular weight excluding hydrogens is 326 g/mol. The van der Waals surface area contributed by atoms with E-state index in [1.807, 2.05) is 0 Å². The van der Waals surface area contributed by atoms with Crippen LogP contribution in [-0.2, 0) is 11.3 Å². The standard InChI is InChI=1S/C14H22BrNO2S/c1-11(5-7-17)19-13-4-3-12(14(15)9-13)10-16-6-8-18-2/h3-4,9,11,16-17H,5-8,10H2,1-2H3. The number of methoxy groups -OCH3 is 1. The summed E-state index contributed by atoms with van der Waals surface area (Å²) in [5.74, 6) is 0. The Hall–Kier alpha value is -0.0700. The summed E-state index contributed by atoms with van der Waals surface area (Å²) in [6.07, 6.45) is 0.822. The average molecular weight is 348 g/mol. The van der Waals surface area contributed by atoms with E-state index >= 15 is 0 Å². The van der Waals surface area contributed by atoms with Crippen LogP contribution in [0.2, 0.25) is 0 Å². The maximum atomic E-state index is 8.91. The van der Waals surface area contributed by atoms with Gasteiger partial charge < -0.3 is 15.2 Å². The van der Waals surface area contributed by atoms with Crippen LogP contribution in [0, 0.1) is 0 Å². The predicted molar refractivity (Wildman–Crippen MR) is 84.7 cm³/mol. The van der Waals surface area contributed by atoms with E-state index in [1.54, 1.807) is 18.9 Å². The van der Waals surface area contributed by atoms with Crippen molar-refractivity contribution in [1.82, 2.24) is 5.32 Å². The smallest absolute Gasteiger partial charge is 0.0587 e. The molecule has 0 spiro atoms. The Morgan fingerprint density at radius 3 is 2.89 bits per heavy atom. The molecule has 0 aliphatic rings. The molecule has 1 atom stereocenters. The first-order chi connectivity index (χ1) is 9.17. The minimum atomic E-state index is 0.247. The predicted octanol–water partition coefficient (Wildman–Crippen LogP) is 3.05. The molecule has 0 aromatic heterocycles. The first-order valence-corrected chi connectivity index (χ1v) is 8.10. The maximum Gasteiger partial charge on any atom is 0.0587 e. The van der Waals surface area contributed by atoms with Gasteiger partial charge in [0.05, 0.1) is 6.61 Å². The first-order valence-electron chi connectivity index (χ1n) is 6.43. The van der Waals surface area contributed by atoms with Crippen LogP contribution in [0.15, 0.2) is 27.6 Å². The monoisotopic (exact) mass is 347 g/mol. The van der Waals surface area contributed by atoms with Gasteiger partial charge in [0, 0.05) is 41.4 Å². The molecule has 0 radical (unpaired) electrons. The quantitative estimate of drug-likeness (QED) is 0.532. The Bertz CT molecular complexity index is 376. The zero-order valence-corrected chi connectivity index (χ0v) is 13.9. The van der Waals surface area contributed by atoms with Gasteiger partial charge in [-0.3, -0.25) is 0 Å². The molecule has 0 saturated carbocycles. The minimum absolute atomic E-state index is 0.247. The number of nitrogens with one attached hydrogen (secondary N) is 1. The molecule has 0 heterocycles. The summed E-state index contributed by atoms with van der Waals surface area (Å²) in [4.78, 5) is 1.23. The Balaban J connectivity index is 2.49. The molecule has 1 aromatic carbocycles. The van der Waals surface area contributed by atoms with Gasteiger partial charge in [-0.25, -0.2) is 0 Å². The van der Waals surface area contributed by atoms with Crippen LogP contribution in [-0.4, -0.2) is 37.2 Å². The maximum absolute atomic E-state index is 8.91. The van der Waals surface area contributed by atoms with Crippen LogP contribution in [0.1, 0.15) is 18.9 Å². The van der Waals surface area contributed by atoms with Gasteiger partial charge in [-0.2, -0.15) is 0 Å². The second kappa shape index (κ2) is 9.77. The van der Waals surface area contributed by atoms with Gasteiger partial charge in [0.1, 0.15) is 0 Å². The topological polar surface area (TPSA) is 41.5 Å². The Morgan fingerprint density at radius 1 is 1.47 bits per heavy atom. The molecule has 3 nitrogen and oxygen atoms in total. The number of ether oxygens (including phenoxy) is 1. The lowest BCUT2D eigenvalue weighted by atomic mass is 10.2. The molecule has 0 amide bonds. The van der Waals surface area contributed by atoms with Gasteiger partial charge in [-0.1, -0.05) is 28.9 Å². The third kappa shape index (κ3) is 6.77. The molecule has 1 rings (SSSR count). The summed E-state index contributed by atoms with van der Waals surface area (Å²) in [6, 6.07) is 6.42. The zero-order valence-electron chi connectivity index (χ0n) is 11.5. The van der Waals surface area contributed by atoms with Crippen molar-refractivity contribution in [3.8, 4) is 0 Å². The molecule has 5 heteroatoms. The first kappa shape index (κ1) is 17.0. The number of thioether (sulfide) groups is 1. The number of hydrogen-bond donors (Lipinski definition) is 2. The van der Waals surface area contributed by atoms with E-state index in [9.17, 15) is 0 Å². The van der Waals surface area contributed by atoms with Crippen molar-refractivity contribution < 1.29 is 9.84 Å². The number of aliphatic hydroxyl groups is 1. The fourth-order valence-electron chi connectivity index (χ4n) is 1.62. The van der Waals surface area contributed by atoms with Gasteiger partial charge in [0.25, 0.3) is 0 Å². The Kier molecular flexibility index (Phi) is 8.74. The number of rotatable bonds is 9.